The van der Waals surface area contributed by atoms with E-state index in [0.29, 0.717) is 31.3 Å². The second-order valence-electron chi connectivity index (χ2n) is 5.79. The number of rotatable bonds is 4. The molecule has 2 aromatic rings. The number of carbonyl (C=O) groups is 1. The van der Waals surface area contributed by atoms with Crippen molar-refractivity contribution in [3.8, 4) is 0 Å². The van der Waals surface area contributed by atoms with Crippen LogP contribution in [0.4, 0.5) is 19.0 Å². The van der Waals surface area contributed by atoms with E-state index in [1.165, 1.54) is 12.5 Å². The number of aromatic nitrogens is 2. The molecule has 3 rings (SSSR count). The van der Waals surface area contributed by atoms with E-state index in [-0.39, 0.29) is 24.2 Å². The summed E-state index contributed by atoms with van der Waals surface area (Å²) in [7, 11) is 0. The van der Waals surface area contributed by atoms with E-state index in [1.54, 1.807) is 6.92 Å². The summed E-state index contributed by atoms with van der Waals surface area (Å²) in [5.41, 5.74) is -0.609. The fraction of sp³-hybridized carbons (Fsp3) is 0.438. The Bertz CT molecular complexity index is 761. The Morgan fingerprint density at radius 1 is 1.38 bits per heavy atom. The Labute approximate surface area is 147 Å². The number of morpholine rings is 1. The average molecular weight is 370 g/mol. The van der Waals surface area contributed by atoms with Crippen LogP contribution >= 0.6 is 0 Å². The molecule has 1 unspecified atom stereocenters. The predicted octanol–water partition coefficient (Wildman–Crippen LogP) is 2.03. The van der Waals surface area contributed by atoms with Crippen molar-refractivity contribution in [2.45, 2.75) is 19.1 Å². The van der Waals surface area contributed by atoms with Crippen molar-refractivity contribution < 1.29 is 27.1 Å². The summed E-state index contributed by atoms with van der Waals surface area (Å²) < 4.78 is 48.5. The third-order valence-corrected chi connectivity index (χ3v) is 4.06. The molecule has 1 amide bonds. The van der Waals surface area contributed by atoms with Crippen LogP contribution in [0.25, 0.3) is 0 Å². The molecule has 0 aromatic carbocycles. The lowest BCUT2D eigenvalue weighted by Crippen LogP contribution is -2.51. The van der Waals surface area contributed by atoms with Gasteiger partial charge in [0.2, 0.25) is 0 Å². The van der Waals surface area contributed by atoms with Crippen LogP contribution in [0.5, 0.6) is 0 Å². The van der Waals surface area contributed by atoms with Gasteiger partial charge in [-0.1, -0.05) is 0 Å². The number of nitrogens with zero attached hydrogens (tertiary/aromatic N) is 3. The van der Waals surface area contributed by atoms with E-state index in [2.05, 4.69) is 15.3 Å². The van der Waals surface area contributed by atoms with Crippen molar-refractivity contribution in [2.24, 2.45) is 0 Å². The molecular formula is C16H17F3N4O3. The number of ether oxygens (including phenoxy) is 1. The molecule has 0 bridgehead atoms. The first kappa shape index (κ1) is 18.2. The van der Waals surface area contributed by atoms with Gasteiger partial charge in [0.1, 0.15) is 11.6 Å². The number of nitrogens with one attached hydrogen (secondary N) is 1. The van der Waals surface area contributed by atoms with Gasteiger partial charge in [-0.25, -0.2) is 9.97 Å². The minimum Gasteiger partial charge on any atom is -0.448 e. The number of aryl methyl sites for hydroxylation is 1. The van der Waals surface area contributed by atoms with Crippen molar-refractivity contribution in [1.82, 2.24) is 15.3 Å². The van der Waals surface area contributed by atoms with Crippen LogP contribution in [-0.2, 0) is 10.9 Å². The number of alkyl halides is 3. The smallest absolute Gasteiger partial charge is 0.417 e. The van der Waals surface area contributed by atoms with Gasteiger partial charge in [0.15, 0.2) is 12.1 Å². The van der Waals surface area contributed by atoms with Gasteiger partial charge in [-0.15, -0.1) is 0 Å². The molecule has 10 heteroatoms. The third kappa shape index (κ3) is 3.96. The lowest BCUT2D eigenvalue weighted by Gasteiger charge is -2.36. The lowest BCUT2D eigenvalue weighted by molar-refractivity contribution is -0.137. The zero-order valence-corrected chi connectivity index (χ0v) is 13.9. The zero-order valence-electron chi connectivity index (χ0n) is 13.9. The Morgan fingerprint density at radius 2 is 2.19 bits per heavy atom. The summed E-state index contributed by atoms with van der Waals surface area (Å²) in [6.45, 7) is 3.07. The van der Waals surface area contributed by atoms with Gasteiger partial charge in [-0.2, -0.15) is 13.2 Å². The Balaban J connectivity index is 1.68. The molecule has 3 heterocycles. The molecule has 1 aliphatic rings. The monoisotopic (exact) mass is 370 g/mol. The first-order valence-electron chi connectivity index (χ1n) is 7.92. The molecule has 0 saturated carbocycles. The molecule has 140 valence electrons. The Hall–Kier alpha value is -2.62. The first-order chi connectivity index (χ1) is 12.4. The Morgan fingerprint density at radius 3 is 2.81 bits per heavy atom. The van der Waals surface area contributed by atoms with Crippen LogP contribution in [0.15, 0.2) is 29.1 Å². The zero-order chi connectivity index (χ0) is 18.7. The SMILES string of the molecule is Cc1ocnc1C(=O)NCC1COCCN1c1ccc(C(F)(F)F)cn1. The van der Waals surface area contributed by atoms with Crippen molar-refractivity contribution in [3.63, 3.8) is 0 Å². The maximum atomic E-state index is 12.7. The number of hydrogen-bond acceptors (Lipinski definition) is 6. The average Bonchev–Trinajstić information content (AvgIpc) is 3.05. The van der Waals surface area contributed by atoms with Crippen molar-refractivity contribution in [1.29, 1.82) is 0 Å². The number of anilines is 1. The Kier molecular flexibility index (Phi) is 5.12. The predicted molar refractivity (Wildman–Crippen MR) is 84.8 cm³/mol. The van der Waals surface area contributed by atoms with E-state index >= 15 is 0 Å². The van der Waals surface area contributed by atoms with Gasteiger partial charge < -0.3 is 19.4 Å². The minimum absolute atomic E-state index is 0.195. The highest BCUT2D eigenvalue weighted by atomic mass is 19.4. The van der Waals surface area contributed by atoms with Gasteiger partial charge in [0, 0.05) is 19.3 Å². The van der Waals surface area contributed by atoms with Crippen LogP contribution in [0.3, 0.4) is 0 Å². The molecule has 26 heavy (non-hydrogen) atoms. The summed E-state index contributed by atoms with van der Waals surface area (Å²) in [4.78, 5) is 21.7. The first-order valence-corrected chi connectivity index (χ1v) is 7.92. The fourth-order valence-electron chi connectivity index (χ4n) is 2.67. The van der Waals surface area contributed by atoms with Crippen molar-refractivity contribution in [2.75, 3.05) is 31.2 Å². The van der Waals surface area contributed by atoms with E-state index in [4.69, 9.17) is 9.15 Å². The van der Waals surface area contributed by atoms with Crippen LogP contribution < -0.4 is 10.2 Å². The van der Waals surface area contributed by atoms with Crippen LogP contribution in [-0.4, -0.2) is 48.2 Å². The maximum Gasteiger partial charge on any atom is 0.417 e. The van der Waals surface area contributed by atoms with Gasteiger partial charge in [0.05, 0.1) is 24.8 Å². The lowest BCUT2D eigenvalue weighted by atomic mass is 10.2. The van der Waals surface area contributed by atoms with E-state index in [0.717, 1.165) is 12.3 Å². The molecule has 0 radical (unpaired) electrons. The number of carbonyl (C=O) groups excluding carboxylic acids is 1. The van der Waals surface area contributed by atoms with Crippen LogP contribution in [0.1, 0.15) is 21.8 Å². The summed E-state index contributed by atoms with van der Waals surface area (Å²) in [6.07, 6.45) is -2.44. The molecule has 1 fully saturated rings. The van der Waals surface area contributed by atoms with Crippen LogP contribution in [0.2, 0.25) is 0 Å². The van der Waals surface area contributed by atoms with Crippen molar-refractivity contribution in [3.05, 3.63) is 41.7 Å². The molecule has 1 N–H and O–H groups in total. The molecule has 1 atom stereocenters. The number of oxazole rings is 1. The third-order valence-electron chi connectivity index (χ3n) is 4.06. The van der Waals surface area contributed by atoms with Gasteiger partial charge in [0.25, 0.3) is 5.91 Å². The highest BCUT2D eigenvalue weighted by Gasteiger charge is 2.32. The quantitative estimate of drug-likeness (QED) is 0.887. The number of hydrogen-bond donors (Lipinski definition) is 1. The molecule has 7 nitrogen and oxygen atoms in total. The second kappa shape index (κ2) is 7.32. The van der Waals surface area contributed by atoms with Gasteiger partial charge in [-0.3, -0.25) is 4.79 Å². The fourth-order valence-corrected chi connectivity index (χ4v) is 2.67. The molecule has 1 saturated heterocycles. The normalized spacial score (nSPS) is 18.0. The largest absolute Gasteiger partial charge is 0.448 e. The topological polar surface area (TPSA) is 80.5 Å². The molecule has 2 aromatic heterocycles. The van der Waals surface area contributed by atoms with E-state index < -0.39 is 11.7 Å². The molecule has 0 spiro atoms. The maximum absolute atomic E-state index is 12.7. The summed E-state index contributed by atoms with van der Waals surface area (Å²) in [5, 5.41) is 2.74. The molecule has 1 aliphatic heterocycles. The van der Waals surface area contributed by atoms with Crippen LogP contribution in [0, 0.1) is 6.92 Å². The highest BCUT2D eigenvalue weighted by molar-refractivity contribution is 5.93. The summed E-state index contributed by atoms with van der Waals surface area (Å²) in [5.74, 6) is 0.420. The van der Waals surface area contributed by atoms with Gasteiger partial charge in [-0.05, 0) is 19.1 Å². The van der Waals surface area contributed by atoms with E-state index in [1.807, 2.05) is 4.90 Å². The summed E-state index contributed by atoms with van der Waals surface area (Å²) in [6, 6.07) is 2.06. The van der Waals surface area contributed by atoms with Crippen molar-refractivity contribution >= 4 is 11.7 Å². The number of amides is 1. The standard InChI is InChI=1S/C16H17F3N4O3/c1-10-14(22-9-26-10)15(24)21-7-12-8-25-5-4-23(12)13-3-2-11(6-20-13)16(17,18)19/h2-3,6,9,12H,4-5,7-8H2,1H3,(H,21,24). The second-order valence-corrected chi connectivity index (χ2v) is 5.79. The number of halogens is 3. The van der Waals surface area contributed by atoms with Gasteiger partial charge >= 0.3 is 6.18 Å². The summed E-state index contributed by atoms with van der Waals surface area (Å²) >= 11 is 0. The highest BCUT2D eigenvalue weighted by Crippen LogP contribution is 2.29. The molecular weight excluding hydrogens is 353 g/mol. The number of pyridine rings is 1. The minimum atomic E-state index is -4.43. The molecule has 0 aliphatic carbocycles. The van der Waals surface area contributed by atoms with E-state index in [9.17, 15) is 18.0 Å².